The molecule has 0 saturated heterocycles. The Bertz CT molecular complexity index is 277. The number of hydrogen-bond acceptors (Lipinski definition) is 4. The lowest BCUT2D eigenvalue weighted by Gasteiger charge is -2.19. The zero-order chi connectivity index (χ0) is 17.4. The van der Waals surface area contributed by atoms with Gasteiger partial charge in [-0.25, -0.2) is 0 Å². The highest BCUT2D eigenvalue weighted by molar-refractivity contribution is 5.69. The first-order chi connectivity index (χ1) is 11.0. The fourth-order valence-electron chi connectivity index (χ4n) is 2.59. The number of carbonyl (C=O) groups excluding carboxylic acids is 1. The molecule has 0 aromatic heterocycles. The van der Waals surface area contributed by atoms with E-state index in [-0.39, 0.29) is 12.8 Å². The second-order valence-corrected chi connectivity index (χ2v) is 6.56. The molecule has 4 nitrogen and oxygen atoms in total. The maximum absolute atomic E-state index is 11.4. The van der Waals surface area contributed by atoms with Crippen LogP contribution in [0, 0.1) is 0 Å². The Balaban J connectivity index is 3.23. The van der Waals surface area contributed by atoms with Gasteiger partial charge in [0, 0.05) is 12.8 Å². The number of aliphatic hydroxyl groups is 2. The van der Waals surface area contributed by atoms with Crippen LogP contribution in [-0.4, -0.2) is 22.2 Å². The highest BCUT2D eigenvalue weighted by atomic mass is 16.8. The van der Waals surface area contributed by atoms with Crippen molar-refractivity contribution >= 4 is 5.97 Å². The quantitative estimate of drug-likeness (QED) is 0.236. The van der Waals surface area contributed by atoms with Crippen molar-refractivity contribution in [3.8, 4) is 0 Å². The largest absolute Gasteiger partial charge is 0.408 e. The Morgan fingerprint density at radius 2 is 1.13 bits per heavy atom. The molecular formula is C19H38O4. The maximum Gasteiger partial charge on any atom is 0.323 e. The summed E-state index contributed by atoms with van der Waals surface area (Å²) < 4.78 is 4.57. The van der Waals surface area contributed by atoms with Crippen molar-refractivity contribution in [3.63, 3.8) is 0 Å². The van der Waals surface area contributed by atoms with E-state index in [4.69, 9.17) is 0 Å². The molecule has 0 amide bonds. The zero-order valence-corrected chi connectivity index (χ0v) is 15.3. The van der Waals surface area contributed by atoms with Gasteiger partial charge >= 0.3 is 11.9 Å². The number of carbonyl (C=O) groups is 1. The number of unbranched alkanes of at least 4 members (excludes halogenated alkanes) is 12. The van der Waals surface area contributed by atoms with Gasteiger partial charge in [-0.05, 0) is 6.42 Å². The van der Waals surface area contributed by atoms with E-state index < -0.39 is 11.9 Å². The highest BCUT2D eigenvalue weighted by Gasteiger charge is 2.25. The summed E-state index contributed by atoms with van der Waals surface area (Å²) in [6, 6.07) is 0. The Morgan fingerprint density at radius 1 is 0.739 bits per heavy atom. The van der Waals surface area contributed by atoms with Crippen LogP contribution in [0.4, 0.5) is 0 Å². The van der Waals surface area contributed by atoms with Crippen LogP contribution in [0.3, 0.4) is 0 Å². The maximum atomic E-state index is 11.4. The molecule has 0 rings (SSSR count). The molecule has 2 N–H and O–H groups in total. The predicted molar refractivity (Wildman–Crippen MR) is 93.9 cm³/mol. The molecule has 0 saturated carbocycles. The van der Waals surface area contributed by atoms with Crippen molar-refractivity contribution in [2.75, 3.05) is 0 Å². The van der Waals surface area contributed by atoms with Crippen LogP contribution in [0.15, 0.2) is 0 Å². The third-order valence-electron chi connectivity index (χ3n) is 4.22. The third kappa shape index (κ3) is 16.0. The molecule has 0 spiro atoms. The first-order valence-corrected chi connectivity index (χ1v) is 9.68. The number of rotatable bonds is 16. The third-order valence-corrected chi connectivity index (χ3v) is 4.22. The van der Waals surface area contributed by atoms with Crippen LogP contribution in [-0.2, 0) is 9.53 Å². The van der Waals surface area contributed by atoms with Gasteiger partial charge in [0.1, 0.15) is 0 Å². The Morgan fingerprint density at radius 3 is 1.52 bits per heavy atom. The van der Waals surface area contributed by atoms with Crippen molar-refractivity contribution < 1.29 is 19.7 Å². The lowest BCUT2D eigenvalue weighted by Crippen LogP contribution is -2.33. The Kier molecular flexibility index (Phi) is 14.6. The second-order valence-electron chi connectivity index (χ2n) is 6.56. The zero-order valence-electron chi connectivity index (χ0n) is 15.3. The summed E-state index contributed by atoms with van der Waals surface area (Å²) in [5.74, 6) is -2.83. The summed E-state index contributed by atoms with van der Waals surface area (Å²) >= 11 is 0. The number of ether oxygens (including phenoxy) is 1. The fraction of sp³-hybridized carbons (Fsp3) is 0.947. The normalized spacial score (nSPS) is 11.7. The minimum Gasteiger partial charge on any atom is -0.408 e. The first-order valence-electron chi connectivity index (χ1n) is 9.68. The van der Waals surface area contributed by atoms with E-state index in [9.17, 15) is 15.0 Å². The topological polar surface area (TPSA) is 66.8 Å². The molecule has 0 fully saturated rings. The summed E-state index contributed by atoms with van der Waals surface area (Å²) in [5, 5.41) is 18.4. The van der Waals surface area contributed by atoms with Gasteiger partial charge in [-0.15, -0.1) is 0 Å². The van der Waals surface area contributed by atoms with Gasteiger partial charge in [0.25, 0.3) is 0 Å². The molecule has 0 radical (unpaired) electrons. The molecule has 0 aromatic carbocycles. The molecule has 0 atom stereocenters. The van der Waals surface area contributed by atoms with E-state index in [1.165, 1.54) is 64.2 Å². The molecular weight excluding hydrogens is 292 g/mol. The minimum absolute atomic E-state index is 0.0165. The second kappa shape index (κ2) is 14.9. The molecule has 138 valence electrons. The van der Waals surface area contributed by atoms with Gasteiger partial charge in [-0.2, -0.15) is 0 Å². The van der Waals surface area contributed by atoms with E-state index in [0.717, 1.165) is 19.3 Å². The van der Waals surface area contributed by atoms with Crippen LogP contribution in [0.25, 0.3) is 0 Å². The first kappa shape index (κ1) is 22.4. The summed E-state index contributed by atoms with van der Waals surface area (Å²) in [4.78, 5) is 11.4. The molecule has 4 heteroatoms. The van der Waals surface area contributed by atoms with Crippen molar-refractivity contribution in [2.45, 2.75) is 116 Å². The standard InChI is InChI=1S/C19H38O4/c1-3-5-6-7-8-9-10-11-12-13-14-15-16-17-18(20)23-19(21,22)4-2/h21-22H,3-17H2,1-2H3. The molecule has 23 heavy (non-hydrogen) atoms. The average Bonchev–Trinajstić information content (AvgIpc) is 2.51. The average molecular weight is 331 g/mol. The van der Waals surface area contributed by atoms with Crippen LogP contribution >= 0.6 is 0 Å². The summed E-state index contributed by atoms with van der Waals surface area (Å²) in [6.07, 6.45) is 16.6. The van der Waals surface area contributed by atoms with Crippen molar-refractivity contribution in [1.29, 1.82) is 0 Å². The van der Waals surface area contributed by atoms with E-state index in [0.29, 0.717) is 0 Å². The summed E-state index contributed by atoms with van der Waals surface area (Å²) in [5.41, 5.74) is 0. The molecule has 0 aromatic rings. The Labute approximate surface area is 142 Å². The van der Waals surface area contributed by atoms with E-state index in [1.54, 1.807) is 6.92 Å². The lowest BCUT2D eigenvalue weighted by molar-refractivity contribution is -0.319. The van der Waals surface area contributed by atoms with Crippen molar-refractivity contribution in [3.05, 3.63) is 0 Å². The predicted octanol–water partition coefficient (Wildman–Crippen LogP) is 5.06. The van der Waals surface area contributed by atoms with E-state index in [1.807, 2.05) is 0 Å². The SMILES string of the molecule is CCCCCCCCCCCCCCCC(=O)OC(O)(O)CC. The fourth-order valence-corrected chi connectivity index (χ4v) is 2.59. The van der Waals surface area contributed by atoms with Crippen LogP contribution in [0.5, 0.6) is 0 Å². The van der Waals surface area contributed by atoms with E-state index in [2.05, 4.69) is 11.7 Å². The molecule has 0 heterocycles. The minimum atomic E-state index is -2.30. The lowest BCUT2D eigenvalue weighted by atomic mass is 10.0. The van der Waals surface area contributed by atoms with Gasteiger partial charge in [0.05, 0.1) is 0 Å². The molecule has 0 aliphatic rings. The number of hydrogen-bond donors (Lipinski definition) is 2. The molecule has 0 aliphatic carbocycles. The molecule has 0 unspecified atom stereocenters. The van der Waals surface area contributed by atoms with Crippen LogP contribution < -0.4 is 0 Å². The Hall–Kier alpha value is -0.610. The molecule has 0 aliphatic heterocycles. The van der Waals surface area contributed by atoms with Gasteiger partial charge < -0.3 is 14.9 Å². The van der Waals surface area contributed by atoms with Gasteiger partial charge in [0.2, 0.25) is 0 Å². The van der Waals surface area contributed by atoms with Gasteiger partial charge in [-0.3, -0.25) is 4.79 Å². The van der Waals surface area contributed by atoms with Gasteiger partial charge in [0.15, 0.2) is 0 Å². The highest BCUT2D eigenvalue weighted by Crippen LogP contribution is 2.14. The molecule has 0 bridgehead atoms. The van der Waals surface area contributed by atoms with Crippen LogP contribution in [0.1, 0.15) is 110 Å². The summed E-state index contributed by atoms with van der Waals surface area (Å²) in [6.45, 7) is 3.80. The summed E-state index contributed by atoms with van der Waals surface area (Å²) in [7, 11) is 0. The smallest absolute Gasteiger partial charge is 0.323 e. The van der Waals surface area contributed by atoms with Crippen molar-refractivity contribution in [1.82, 2.24) is 0 Å². The van der Waals surface area contributed by atoms with Crippen molar-refractivity contribution in [2.24, 2.45) is 0 Å². The number of esters is 1. The van der Waals surface area contributed by atoms with Gasteiger partial charge in [-0.1, -0.05) is 90.9 Å². The van der Waals surface area contributed by atoms with E-state index >= 15 is 0 Å². The van der Waals surface area contributed by atoms with Crippen LogP contribution in [0.2, 0.25) is 0 Å². The monoisotopic (exact) mass is 330 g/mol.